The highest BCUT2D eigenvalue weighted by Crippen LogP contribution is 2.22. The van der Waals surface area contributed by atoms with E-state index in [9.17, 15) is 8.42 Å². The third kappa shape index (κ3) is 3.12. The molecule has 1 aliphatic heterocycles. The minimum atomic E-state index is -2.81. The van der Waals surface area contributed by atoms with Crippen LogP contribution in [0.15, 0.2) is 0 Å². The second kappa shape index (κ2) is 3.76. The minimum absolute atomic E-state index is 0.161. The van der Waals surface area contributed by atoms with Crippen molar-refractivity contribution in [1.82, 2.24) is 0 Å². The SMILES string of the molecule is O=S1(=O)CCC(CB(O)O)CC1. The fourth-order valence-corrected chi connectivity index (χ4v) is 3.06. The zero-order chi connectivity index (χ0) is 9.19. The molecule has 0 unspecified atom stereocenters. The van der Waals surface area contributed by atoms with Crippen molar-refractivity contribution in [2.75, 3.05) is 11.5 Å². The highest BCUT2D eigenvalue weighted by atomic mass is 32.2. The molecule has 0 bridgehead atoms. The van der Waals surface area contributed by atoms with Gasteiger partial charge in [0.05, 0.1) is 11.5 Å². The van der Waals surface area contributed by atoms with Crippen molar-refractivity contribution in [3.8, 4) is 0 Å². The van der Waals surface area contributed by atoms with E-state index < -0.39 is 17.0 Å². The Morgan fingerprint density at radius 1 is 1.25 bits per heavy atom. The number of hydrogen-bond donors (Lipinski definition) is 2. The molecule has 0 aromatic heterocycles. The third-order valence-corrected chi connectivity index (χ3v) is 3.93. The summed E-state index contributed by atoms with van der Waals surface area (Å²) in [7, 11) is -4.11. The van der Waals surface area contributed by atoms with Gasteiger partial charge in [-0.1, -0.05) is 0 Å². The first kappa shape index (κ1) is 10.0. The normalized spacial score (nSPS) is 23.8. The van der Waals surface area contributed by atoms with Gasteiger partial charge in [0, 0.05) is 0 Å². The Hall–Kier alpha value is -0.0651. The molecule has 1 rings (SSSR count). The fraction of sp³-hybridized carbons (Fsp3) is 1.00. The van der Waals surface area contributed by atoms with E-state index in [0.29, 0.717) is 19.2 Å². The number of sulfone groups is 1. The maximum Gasteiger partial charge on any atom is 0.451 e. The van der Waals surface area contributed by atoms with Crippen molar-refractivity contribution >= 4 is 17.0 Å². The summed E-state index contributed by atoms with van der Waals surface area (Å²) < 4.78 is 21.9. The maximum absolute atomic E-state index is 11.0. The van der Waals surface area contributed by atoms with Crippen LogP contribution < -0.4 is 0 Å². The Labute approximate surface area is 72.7 Å². The first-order valence-electron chi connectivity index (χ1n) is 4.06. The molecule has 6 heteroatoms. The average molecular weight is 192 g/mol. The van der Waals surface area contributed by atoms with Crippen molar-refractivity contribution in [3.63, 3.8) is 0 Å². The molecular weight excluding hydrogens is 179 g/mol. The van der Waals surface area contributed by atoms with E-state index in [1.54, 1.807) is 0 Å². The Balaban J connectivity index is 2.36. The summed E-state index contributed by atoms with van der Waals surface area (Å²) in [5.74, 6) is 0.558. The van der Waals surface area contributed by atoms with Crippen molar-refractivity contribution < 1.29 is 18.5 Å². The van der Waals surface area contributed by atoms with Crippen LogP contribution in [0.3, 0.4) is 0 Å². The Bertz CT molecular complexity index is 222. The van der Waals surface area contributed by atoms with Crippen LogP contribution in [0.5, 0.6) is 0 Å². The topological polar surface area (TPSA) is 74.6 Å². The molecule has 1 saturated heterocycles. The highest BCUT2D eigenvalue weighted by Gasteiger charge is 2.26. The van der Waals surface area contributed by atoms with E-state index in [4.69, 9.17) is 10.0 Å². The third-order valence-electron chi connectivity index (χ3n) is 2.22. The van der Waals surface area contributed by atoms with Gasteiger partial charge in [0.25, 0.3) is 0 Å². The van der Waals surface area contributed by atoms with Crippen LogP contribution >= 0.6 is 0 Å². The summed E-state index contributed by atoms with van der Waals surface area (Å²) in [6.07, 6.45) is 1.44. The fourth-order valence-electron chi connectivity index (χ4n) is 1.47. The van der Waals surface area contributed by atoms with Crippen LogP contribution in [0.2, 0.25) is 6.32 Å². The molecule has 1 heterocycles. The minimum Gasteiger partial charge on any atom is -0.427 e. The second-order valence-electron chi connectivity index (χ2n) is 3.31. The van der Waals surface area contributed by atoms with Gasteiger partial charge in [0.1, 0.15) is 9.84 Å². The zero-order valence-corrected chi connectivity index (χ0v) is 7.63. The van der Waals surface area contributed by atoms with Crippen LogP contribution in [-0.2, 0) is 9.84 Å². The summed E-state index contributed by atoms with van der Waals surface area (Å²) in [5.41, 5.74) is 0. The van der Waals surface area contributed by atoms with Crippen molar-refractivity contribution in [3.05, 3.63) is 0 Å². The second-order valence-corrected chi connectivity index (χ2v) is 5.62. The molecule has 4 nitrogen and oxygen atoms in total. The number of hydrogen-bond acceptors (Lipinski definition) is 4. The molecule has 2 N–H and O–H groups in total. The Morgan fingerprint density at radius 3 is 2.17 bits per heavy atom. The van der Waals surface area contributed by atoms with Gasteiger partial charge in [-0.15, -0.1) is 0 Å². The van der Waals surface area contributed by atoms with Crippen LogP contribution in [0, 0.1) is 5.92 Å². The highest BCUT2D eigenvalue weighted by molar-refractivity contribution is 7.91. The summed E-state index contributed by atoms with van der Waals surface area (Å²) in [5, 5.41) is 17.3. The molecule has 0 atom stereocenters. The zero-order valence-electron chi connectivity index (χ0n) is 6.81. The van der Waals surface area contributed by atoms with Crippen LogP contribution in [0.25, 0.3) is 0 Å². The molecule has 70 valence electrons. The predicted molar refractivity (Wildman–Crippen MR) is 46.4 cm³/mol. The predicted octanol–water partition coefficient (Wildman–Crippen LogP) is -0.716. The lowest BCUT2D eigenvalue weighted by Gasteiger charge is -2.21. The van der Waals surface area contributed by atoms with Crippen LogP contribution in [-0.4, -0.2) is 37.1 Å². The van der Waals surface area contributed by atoms with Gasteiger partial charge in [-0.05, 0) is 25.1 Å². The monoisotopic (exact) mass is 192 g/mol. The van der Waals surface area contributed by atoms with Gasteiger partial charge in [0.2, 0.25) is 0 Å². The first-order chi connectivity index (χ1) is 5.49. The molecule has 0 aromatic carbocycles. The summed E-state index contributed by atoms with van der Waals surface area (Å²) in [6, 6.07) is 0. The van der Waals surface area contributed by atoms with Gasteiger partial charge < -0.3 is 10.0 Å². The van der Waals surface area contributed by atoms with E-state index in [1.807, 2.05) is 0 Å². The molecule has 0 radical (unpaired) electrons. The molecule has 1 fully saturated rings. The van der Waals surface area contributed by atoms with E-state index in [0.717, 1.165) is 0 Å². The van der Waals surface area contributed by atoms with E-state index in [-0.39, 0.29) is 17.4 Å². The number of rotatable bonds is 2. The van der Waals surface area contributed by atoms with Gasteiger partial charge in [-0.3, -0.25) is 0 Å². The molecule has 1 aliphatic rings. The molecular formula is C6H13BO4S. The van der Waals surface area contributed by atoms with Gasteiger partial charge >= 0.3 is 7.12 Å². The van der Waals surface area contributed by atoms with E-state index >= 15 is 0 Å². The standard InChI is InChI=1S/C6H13BO4S/c8-7(9)5-6-1-3-12(10,11)4-2-6/h6,8-9H,1-5H2. The summed E-state index contributed by atoms with van der Waals surface area (Å²) in [4.78, 5) is 0. The van der Waals surface area contributed by atoms with E-state index in [1.165, 1.54) is 0 Å². The smallest absolute Gasteiger partial charge is 0.427 e. The van der Waals surface area contributed by atoms with Crippen LogP contribution in [0.1, 0.15) is 12.8 Å². The van der Waals surface area contributed by atoms with Gasteiger partial charge in [-0.25, -0.2) is 8.42 Å². The molecule has 0 aromatic rings. The average Bonchev–Trinajstić information content (AvgIpc) is 1.93. The Morgan fingerprint density at radius 2 is 1.75 bits per heavy atom. The van der Waals surface area contributed by atoms with Gasteiger partial charge in [0.15, 0.2) is 0 Å². The van der Waals surface area contributed by atoms with E-state index in [2.05, 4.69) is 0 Å². The Kier molecular flexibility index (Phi) is 3.14. The van der Waals surface area contributed by atoms with Gasteiger partial charge in [-0.2, -0.15) is 0 Å². The van der Waals surface area contributed by atoms with Crippen molar-refractivity contribution in [2.45, 2.75) is 19.2 Å². The molecule has 0 aliphatic carbocycles. The molecule has 0 amide bonds. The van der Waals surface area contributed by atoms with Crippen molar-refractivity contribution in [2.24, 2.45) is 5.92 Å². The lowest BCUT2D eigenvalue weighted by molar-refractivity contribution is 0.377. The largest absolute Gasteiger partial charge is 0.451 e. The molecule has 0 spiro atoms. The van der Waals surface area contributed by atoms with Crippen LogP contribution in [0.4, 0.5) is 0 Å². The quantitative estimate of drug-likeness (QED) is 0.566. The summed E-state index contributed by atoms with van der Waals surface area (Å²) >= 11 is 0. The maximum atomic E-state index is 11.0. The summed E-state index contributed by atoms with van der Waals surface area (Å²) in [6.45, 7) is 0. The lowest BCUT2D eigenvalue weighted by Crippen LogP contribution is -2.26. The lowest BCUT2D eigenvalue weighted by atomic mass is 9.76. The first-order valence-corrected chi connectivity index (χ1v) is 5.88. The van der Waals surface area contributed by atoms with Crippen molar-refractivity contribution in [1.29, 1.82) is 0 Å². The molecule has 12 heavy (non-hydrogen) atoms. The molecule has 0 saturated carbocycles.